The molecule has 0 aromatic carbocycles. The number of rotatable bonds is 2. The van der Waals surface area contributed by atoms with E-state index < -0.39 is 12.3 Å². The zero-order valence-corrected chi connectivity index (χ0v) is 15.1. The lowest BCUT2D eigenvalue weighted by molar-refractivity contribution is 0.0479. The third-order valence-corrected chi connectivity index (χ3v) is 4.88. The van der Waals surface area contributed by atoms with Gasteiger partial charge < -0.3 is 39.7 Å². The number of nitrogens with zero attached hydrogens (tertiary/aromatic N) is 4. The molecule has 2 N–H and O–H groups in total. The number of carbonyl (C=O) groups is 3. The summed E-state index contributed by atoms with van der Waals surface area (Å²) >= 11 is 0. The fourth-order valence-electron chi connectivity index (χ4n) is 3.23. The van der Waals surface area contributed by atoms with Crippen molar-refractivity contribution >= 4 is 18.1 Å². The van der Waals surface area contributed by atoms with Gasteiger partial charge in [0.2, 0.25) is 0 Å². The number of carbonyl (C=O) groups excluding carboxylic acids is 3. The van der Waals surface area contributed by atoms with E-state index in [-0.39, 0.29) is 18.1 Å². The Hall–Kier alpha value is -2.27. The zero-order chi connectivity index (χ0) is 18.7. The summed E-state index contributed by atoms with van der Waals surface area (Å²) in [5.74, 6) is 0. The maximum atomic E-state index is 12.5. The van der Waals surface area contributed by atoms with Gasteiger partial charge in [0.25, 0.3) is 0 Å². The third-order valence-electron chi connectivity index (χ3n) is 4.88. The van der Waals surface area contributed by atoms with Crippen LogP contribution < -0.4 is 10.6 Å². The lowest BCUT2D eigenvalue weighted by Crippen LogP contribution is -2.61. The van der Waals surface area contributed by atoms with E-state index in [1.807, 2.05) is 0 Å². The van der Waals surface area contributed by atoms with Crippen molar-refractivity contribution in [3.63, 3.8) is 0 Å². The van der Waals surface area contributed by atoms with Gasteiger partial charge in [-0.1, -0.05) is 0 Å². The van der Waals surface area contributed by atoms with Gasteiger partial charge in [-0.2, -0.15) is 0 Å². The van der Waals surface area contributed by atoms with E-state index >= 15 is 0 Å². The van der Waals surface area contributed by atoms with Crippen molar-refractivity contribution in [2.45, 2.75) is 12.3 Å². The Morgan fingerprint density at radius 1 is 0.808 bits per heavy atom. The van der Waals surface area contributed by atoms with Crippen LogP contribution in [0.3, 0.4) is 0 Å². The predicted molar refractivity (Wildman–Crippen MR) is 90.3 cm³/mol. The van der Waals surface area contributed by atoms with Gasteiger partial charge >= 0.3 is 18.1 Å². The number of likely N-dealkylation sites (N-methyl/N-ethyl adjacent to an activating group) is 2. The topological polar surface area (TPSA) is 107 Å². The SMILES string of the molecule is CN1C(=O)N(C)C(NC(=O)N2CCOCC2)C1NC(=O)N1CCOCC1. The number of urea groups is 3. The molecule has 11 nitrogen and oxygen atoms in total. The molecule has 11 heteroatoms. The summed E-state index contributed by atoms with van der Waals surface area (Å²) in [6.07, 6.45) is -1.32. The van der Waals surface area contributed by atoms with Crippen molar-refractivity contribution in [3.8, 4) is 0 Å². The summed E-state index contributed by atoms with van der Waals surface area (Å²) in [6, 6.07) is -0.831. The third kappa shape index (κ3) is 3.78. The molecule has 146 valence electrons. The van der Waals surface area contributed by atoms with Gasteiger partial charge in [0.1, 0.15) is 12.3 Å². The van der Waals surface area contributed by atoms with E-state index in [1.165, 1.54) is 9.80 Å². The van der Waals surface area contributed by atoms with Crippen LogP contribution in [-0.2, 0) is 9.47 Å². The second-order valence-electron chi connectivity index (χ2n) is 6.49. The summed E-state index contributed by atoms with van der Waals surface area (Å²) in [5.41, 5.74) is 0. The number of amides is 6. The van der Waals surface area contributed by atoms with Crippen LogP contribution in [0.15, 0.2) is 0 Å². The van der Waals surface area contributed by atoms with Crippen LogP contribution in [0.1, 0.15) is 0 Å². The predicted octanol–water partition coefficient (Wildman–Crippen LogP) is -1.28. The van der Waals surface area contributed by atoms with E-state index in [0.717, 1.165) is 0 Å². The van der Waals surface area contributed by atoms with Crippen molar-refractivity contribution in [2.24, 2.45) is 0 Å². The second kappa shape index (κ2) is 7.96. The maximum absolute atomic E-state index is 12.5. The van der Waals surface area contributed by atoms with Crippen molar-refractivity contribution in [3.05, 3.63) is 0 Å². The number of hydrogen-bond acceptors (Lipinski definition) is 5. The minimum Gasteiger partial charge on any atom is -0.378 e. The minimum absolute atomic E-state index is 0.274. The molecule has 3 heterocycles. The molecular weight excluding hydrogens is 344 g/mol. The molecule has 0 spiro atoms. The number of ether oxygens (including phenoxy) is 2. The normalized spacial score (nSPS) is 26.9. The molecule has 6 amide bonds. The van der Waals surface area contributed by atoms with E-state index in [4.69, 9.17) is 9.47 Å². The molecule has 3 fully saturated rings. The summed E-state index contributed by atoms with van der Waals surface area (Å²) in [7, 11) is 3.20. The van der Waals surface area contributed by atoms with E-state index in [2.05, 4.69) is 10.6 Å². The molecule has 2 unspecified atom stereocenters. The molecule has 0 bridgehead atoms. The molecule has 0 radical (unpaired) electrons. The number of hydrogen-bond donors (Lipinski definition) is 2. The van der Waals surface area contributed by atoms with Gasteiger partial charge in [0.05, 0.1) is 26.4 Å². The minimum atomic E-state index is -0.659. The molecule has 2 atom stereocenters. The molecule has 26 heavy (non-hydrogen) atoms. The highest BCUT2D eigenvalue weighted by Gasteiger charge is 2.44. The average molecular weight is 370 g/mol. The Bertz CT molecular complexity index is 503. The number of morpholine rings is 2. The van der Waals surface area contributed by atoms with Crippen LogP contribution in [0.5, 0.6) is 0 Å². The molecule has 3 saturated heterocycles. The molecule has 0 aromatic rings. The van der Waals surface area contributed by atoms with Crippen LogP contribution in [0.25, 0.3) is 0 Å². The van der Waals surface area contributed by atoms with Gasteiger partial charge in [-0.05, 0) is 0 Å². The smallest absolute Gasteiger partial charge is 0.323 e. The van der Waals surface area contributed by atoms with E-state index in [1.54, 1.807) is 23.9 Å². The second-order valence-corrected chi connectivity index (χ2v) is 6.49. The quantitative estimate of drug-likeness (QED) is 0.630. The van der Waals surface area contributed by atoms with Crippen LogP contribution in [0.4, 0.5) is 14.4 Å². The lowest BCUT2D eigenvalue weighted by Gasteiger charge is -2.33. The first-order valence-electron chi connectivity index (χ1n) is 8.75. The fourth-order valence-corrected chi connectivity index (χ4v) is 3.23. The zero-order valence-electron chi connectivity index (χ0n) is 15.1. The summed E-state index contributed by atoms with van der Waals surface area (Å²) in [6.45, 7) is 3.95. The average Bonchev–Trinajstić information content (AvgIpc) is 2.87. The number of nitrogens with one attached hydrogen (secondary N) is 2. The van der Waals surface area contributed by atoms with Gasteiger partial charge in [0.15, 0.2) is 0 Å². The first kappa shape index (κ1) is 18.5. The molecule has 3 rings (SSSR count). The first-order chi connectivity index (χ1) is 12.5. The maximum Gasteiger partial charge on any atom is 0.323 e. The van der Waals surface area contributed by atoms with Gasteiger partial charge in [-0.3, -0.25) is 0 Å². The standard InChI is InChI=1S/C15H26N6O5/c1-18-11(16-13(22)20-3-7-25-8-4-20)12(19(2)15(18)24)17-14(23)21-5-9-26-10-6-21/h11-12H,3-10H2,1-2H3,(H,16,22)(H,17,23). The van der Waals surface area contributed by atoms with Crippen LogP contribution in [0.2, 0.25) is 0 Å². The van der Waals surface area contributed by atoms with Gasteiger partial charge in [0, 0.05) is 40.3 Å². The Morgan fingerprint density at radius 3 is 1.50 bits per heavy atom. The molecule has 3 aliphatic rings. The molecule has 0 saturated carbocycles. The van der Waals surface area contributed by atoms with Crippen molar-refractivity contribution in [1.82, 2.24) is 30.2 Å². The Kier molecular flexibility index (Phi) is 5.67. The van der Waals surface area contributed by atoms with E-state index in [0.29, 0.717) is 52.6 Å². The van der Waals surface area contributed by atoms with E-state index in [9.17, 15) is 14.4 Å². The van der Waals surface area contributed by atoms with Crippen LogP contribution >= 0.6 is 0 Å². The molecule has 3 aliphatic heterocycles. The van der Waals surface area contributed by atoms with Crippen molar-refractivity contribution in [1.29, 1.82) is 0 Å². The van der Waals surface area contributed by atoms with Crippen molar-refractivity contribution in [2.75, 3.05) is 66.7 Å². The Balaban J connectivity index is 1.65. The van der Waals surface area contributed by atoms with Crippen molar-refractivity contribution < 1.29 is 23.9 Å². The highest BCUT2D eigenvalue weighted by Crippen LogP contribution is 2.17. The first-order valence-corrected chi connectivity index (χ1v) is 8.75. The highest BCUT2D eigenvalue weighted by molar-refractivity contribution is 5.82. The Labute approximate surface area is 152 Å². The van der Waals surface area contributed by atoms with Gasteiger partial charge in [-0.15, -0.1) is 0 Å². The fraction of sp³-hybridized carbons (Fsp3) is 0.800. The molecule has 0 aromatic heterocycles. The molecular formula is C15H26N6O5. The monoisotopic (exact) mass is 370 g/mol. The lowest BCUT2D eigenvalue weighted by atomic mass is 10.3. The van der Waals surface area contributed by atoms with Crippen LogP contribution in [-0.4, -0.2) is 117 Å². The van der Waals surface area contributed by atoms with Gasteiger partial charge in [-0.25, -0.2) is 14.4 Å². The van der Waals surface area contributed by atoms with Crippen LogP contribution in [0, 0.1) is 0 Å². The summed E-state index contributed by atoms with van der Waals surface area (Å²) in [5, 5.41) is 5.71. The largest absolute Gasteiger partial charge is 0.378 e. The Morgan fingerprint density at radius 2 is 1.15 bits per heavy atom. The molecule has 0 aliphatic carbocycles. The summed E-state index contributed by atoms with van der Waals surface area (Å²) < 4.78 is 10.5. The highest BCUT2D eigenvalue weighted by atomic mass is 16.5. The summed E-state index contributed by atoms with van der Waals surface area (Å²) in [4.78, 5) is 43.5.